The number of fused-ring (bicyclic) bond motifs is 2. The lowest BCUT2D eigenvalue weighted by Gasteiger charge is -2.18. The average molecular weight is 440 g/mol. The van der Waals surface area contributed by atoms with Crippen molar-refractivity contribution in [3.63, 3.8) is 0 Å². The molecule has 0 aliphatic heterocycles. The summed E-state index contributed by atoms with van der Waals surface area (Å²) in [7, 11) is -1.23. The Labute approximate surface area is 175 Å². The number of benzene rings is 3. The molecule has 5 aromatic rings. The lowest BCUT2D eigenvalue weighted by atomic mass is 10.2. The molecule has 2 heterocycles. The molecule has 0 bridgehead atoms. The first-order valence-corrected chi connectivity index (χ1v) is 10.7. The van der Waals surface area contributed by atoms with Crippen molar-refractivity contribution in [2.24, 2.45) is 0 Å². The van der Waals surface area contributed by atoms with Crippen LogP contribution in [0.1, 0.15) is 5.56 Å². The number of rotatable bonds is 3. The highest BCUT2D eigenvalue weighted by Crippen LogP contribution is 2.40. The smallest absolute Gasteiger partial charge is 0.416 e. The molecule has 0 spiro atoms. The van der Waals surface area contributed by atoms with E-state index in [9.17, 15) is 23.4 Å². The fourth-order valence-corrected chi connectivity index (χ4v) is 6.30. The second-order valence-electron chi connectivity index (χ2n) is 7.19. The highest BCUT2D eigenvalue weighted by molar-refractivity contribution is 7.80. The van der Waals surface area contributed by atoms with Gasteiger partial charge in [0.15, 0.2) is 0 Å². The second-order valence-corrected chi connectivity index (χ2v) is 9.34. The molecule has 0 amide bonds. The lowest BCUT2D eigenvalue weighted by Crippen LogP contribution is -2.20. The molecule has 0 fully saturated rings. The number of phenols is 2. The van der Waals surface area contributed by atoms with Crippen LogP contribution in [0.15, 0.2) is 73.1 Å². The first-order valence-electron chi connectivity index (χ1n) is 9.39. The Bertz CT molecular complexity index is 1320. The lowest BCUT2D eigenvalue weighted by molar-refractivity contribution is -0.137. The third-order valence-electron chi connectivity index (χ3n) is 5.22. The van der Waals surface area contributed by atoms with Crippen molar-refractivity contribution >= 4 is 45.6 Å². The maximum absolute atomic E-state index is 13.1. The number of halogens is 3. The van der Waals surface area contributed by atoms with E-state index in [1.165, 1.54) is 12.1 Å². The Morgan fingerprint density at radius 2 is 1.16 bits per heavy atom. The number of nitrogens with one attached hydrogen (secondary N) is 2. The van der Waals surface area contributed by atoms with Crippen LogP contribution < -0.4 is 15.9 Å². The summed E-state index contributed by atoms with van der Waals surface area (Å²) in [6.07, 6.45) is -0.725. The highest BCUT2D eigenvalue weighted by Gasteiger charge is 2.31. The van der Waals surface area contributed by atoms with Gasteiger partial charge in [0, 0.05) is 56.9 Å². The van der Waals surface area contributed by atoms with Gasteiger partial charge < -0.3 is 20.2 Å². The Morgan fingerprint density at radius 1 is 0.677 bits per heavy atom. The normalized spacial score (nSPS) is 12.3. The Morgan fingerprint density at radius 3 is 1.61 bits per heavy atom. The molecule has 0 unspecified atom stereocenters. The van der Waals surface area contributed by atoms with Crippen LogP contribution in [0.25, 0.3) is 21.8 Å². The zero-order chi connectivity index (χ0) is 21.8. The molecule has 156 valence electrons. The summed E-state index contributed by atoms with van der Waals surface area (Å²) in [5.41, 5.74) is 0.790. The zero-order valence-electron chi connectivity index (χ0n) is 15.9. The summed E-state index contributed by atoms with van der Waals surface area (Å²) in [5.74, 6) is 0.254. The van der Waals surface area contributed by atoms with Crippen LogP contribution in [-0.4, -0.2) is 20.2 Å². The first-order chi connectivity index (χ1) is 14.8. The van der Waals surface area contributed by atoms with Crippen molar-refractivity contribution in [3.8, 4) is 11.5 Å². The van der Waals surface area contributed by atoms with Gasteiger partial charge in [0.05, 0.1) is 5.56 Å². The summed E-state index contributed by atoms with van der Waals surface area (Å²) in [6, 6.07) is 15.3. The molecule has 8 heteroatoms. The van der Waals surface area contributed by atoms with E-state index in [2.05, 4.69) is 9.97 Å². The number of aromatic amines is 2. The minimum absolute atomic E-state index is 0.127. The van der Waals surface area contributed by atoms with Gasteiger partial charge in [-0.3, -0.25) is 0 Å². The number of hydrogen-bond acceptors (Lipinski definition) is 2. The molecule has 2 aromatic heterocycles. The summed E-state index contributed by atoms with van der Waals surface area (Å²) in [4.78, 5) is 6.32. The number of aromatic hydroxyl groups is 2. The maximum Gasteiger partial charge on any atom is 0.416 e. The van der Waals surface area contributed by atoms with Crippen LogP contribution in [0.3, 0.4) is 0 Å². The van der Waals surface area contributed by atoms with Crippen molar-refractivity contribution in [1.29, 1.82) is 0 Å². The third-order valence-corrected chi connectivity index (χ3v) is 7.74. The fraction of sp³-hybridized carbons (Fsp3) is 0.0435. The van der Waals surface area contributed by atoms with Crippen molar-refractivity contribution in [2.75, 3.05) is 0 Å². The average Bonchev–Trinajstić information content (AvgIpc) is 3.32. The fourth-order valence-electron chi connectivity index (χ4n) is 3.78. The van der Waals surface area contributed by atoms with Crippen molar-refractivity contribution in [3.05, 3.63) is 78.6 Å². The molecule has 0 aliphatic rings. The van der Waals surface area contributed by atoms with E-state index in [1.807, 2.05) is 12.4 Å². The molecule has 4 nitrogen and oxygen atoms in total. The monoisotopic (exact) mass is 440 g/mol. The van der Waals surface area contributed by atoms with Crippen LogP contribution >= 0.6 is 7.92 Å². The van der Waals surface area contributed by atoms with Gasteiger partial charge in [-0.1, -0.05) is 12.1 Å². The number of alkyl halides is 3. The second kappa shape index (κ2) is 7.06. The molecule has 31 heavy (non-hydrogen) atoms. The molecule has 3 aromatic carbocycles. The summed E-state index contributed by atoms with van der Waals surface area (Å²) in [5, 5.41) is 24.0. The quantitative estimate of drug-likeness (QED) is 0.303. The third kappa shape index (κ3) is 3.41. The van der Waals surface area contributed by atoms with Crippen LogP contribution in [0.4, 0.5) is 13.2 Å². The van der Waals surface area contributed by atoms with Crippen molar-refractivity contribution in [1.82, 2.24) is 9.97 Å². The van der Waals surface area contributed by atoms with E-state index in [4.69, 9.17) is 0 Å². The standard InChI is InChI=1S/C23H16F3N2O2P/c24-23(25,26)13-1-5-16(6-2-13)31(21-11-27-19-9-14(29)3-7-17(19)21)22-12-28-20-10-15(30)4-8-18(20)22/h1-12,27-30H. The van der Waals surface area contributed by atoms with Gasteiger partial charge in [0.25, 0.3) is 0 Å². The Kier molecular flexibility index (Phi) is 4.45. The maximum atomic E-state index is 13.1. The Balaban J connectivity index is 1.74. The topological polar surface area (TPSA) is 72.0 Å². The van der Waals surface area contributed by atoms with Crippen molar-refractivity contribution < 1.29 is 23.4 Å². The largest absolute Gasteiger partial charge is 0.508 e. The van der Waals surface area contributed by atoms with E-state index >= 15 is 0 Å². The number of H-pyrrole nitrogens is 2. The molecule has 0 saturated carbocycles. The Hall–Kier alpha value is -3.44. The minimum atomic E-state index is -4.40. The first kappa shape index (κ1) is 19.5. The predicted molar refractivity (Wildman–Crippen MR) is 117 cm³/mol. The summed E-state index contributed by atoms with van der Waals surface area (Å²) < 4.78 is 39.3. The predicted octanol–water partition coefficient (Wildman–Crippen LogP) is 4.84. The van der Waals surface area contributed by atoms with Gasteiger partial charge in [-0.15, -0.1) is 0 Å². The van der Waals surface area contributed by atoms with E-state index in [0.717, 1.165) is 49.9 Å². The number of hydrogen-bond donors (Lipinski definition) is 4. The van der Waals surface area contributed by atoms with Crippen LogP contribution in [0.5, 0.6) is 11.5 Å². The molecule has 4 N–H and O–H groups in total. The van der Waals surface area contributed by atoms with Crippen LogP contribution in [0.2, 0.25) is 0 Å². The van der Waals surface area contributed by atoms with Crippen LogP contribution in [-0.2, 0) is 6.18 Å². The van der Waals surface area contributed by atoms with Gasteiger partial charge in [0.2, 0.25) is 0 Å². The van der Waals surface area contributed by atoms with E-state index < -0.39 is 19.7 Å². The highest BCUT2D eigenvalue weighted by atomic mass is 31.1. The van der Waals surface area contributed by atoms with Gasteiger partial charge >= 0.3 is 6.18 Å². The van der Waals surface area contributed by atoms with Gasteiger partial charge in [-0.05, 0) is 49.6 Å². The molecule has 0 aliphatic carbocycles. The molecule has 0 atom stereocenters. The zero-order valence-corrected chi connectivity index (χ0v) is 16.8. The summed E-state index contributed by atoms with van der Waals surface area (Å²) >= 11 is 0. The van der Waals surface area contributed by atoms with Gasteiger partial charge in [-0.25, -0.2) is 0 Å². The molecular formula is C23H16F3N2O2P. The van der Waals surface area contributed by atoms with Crippen molar-refractivity contribution in [2.45, 2.75) is 6.18 Å². The summed E-state index contributed by atoms with van der Waals surface area (Å²) in [6.45, 7) is 0. The molecule has 0 radical (unpaired) electrons. The number of phenolic OH excluding ortho intramolecular Hbond substituents is 2. The SMILES string of the molecule is Oc1ccc2c(P(c3ccc(C(F)(F)F)cc3)c3c[nH]c4cc(O)ccc34)c[nH]c2c1. The van der Waals surface area contributed by atoms with E-state index in [-0.39, 0.29) is 11.5 Å². The minimum Gasteiger partial charge on any atom is -0.508 e. The van der Waals surface area contributed by atoms with Gasteiger partial charge in [0.1, 0.15) is 11.5 Å². The van der Waals surface area contributed by atoms with E-state index in [0.29, 0.717) is 0 Å². The molecular weight excluding hydrogens is 424 g/mol. The van der Waals surface area contributed by atoms with Crippen LogP contribution in [0, 0.1) is 0 Å². The number of aromatic nitrogens is 2. The van der Waals surface area contributed by atoms with Gasteiger partial charge in [-0.2, -0.15) is 13.2 Å². The molecule has 0 saturated heterocycles. The molecule has 5 rings (SSSR count). The van der Waals surface area contributed by atoms with E-state index in [1.54, 1.807) is 36.4 Å².